The van der Waals surface area contributed by atoms with Crippen LogP contribution in [0, 0.1) is 10.1 Å². The summed E-state index contributed by atoms with van der Waals surface area (Å²) in [7, 11) is 0. The topological polar surface area (TPSA) is 108 Å². The fraction of sp³-hybridized carbons (Fsp3) is 0.273. The predicted octanol–water partition coefficient (Wildman–Crippen LogP) is 2.19. The number of aromatic nitrogens is 2. The number of nitro benzene ring substituents is 1. The van der Waals surface area contributed by atoms with Gasteiger partial charge in [0.05, 0.1) is 9.95 Å². The minimum atomic E-state index is -0.545. The summed E-state index contributed by atoms with van der Waals surface area (Å²) in [4.78, 5) is 14.5. The maximum Gasteiger partial charge on any atom is 0.283 e. The van der Waals surface area contributed by atoms with Crippen molar-refractivity contribution in [3.8, 4) is 11.5 Å². The second-order valence-electron chi connectivity index (χ2n) is 4.09. The lowest BCUT2D eigenvalue weighted by molar-refractivity contribution is -0.384. The first kappa shape index (κ1) is 13.4. The van der Waals surface area contributed by atoms with Crippen molar-refractivity contribution in [3.63, 3.8) is 0 Å². The maximum absolute atomic E-state index is 11.0. The van der Waals surface area contributed by atoms with Crippen LogP contribution in [-0.2, 0) is 6.42 Å². The molecule has 7 nitrogen and oxygen atoms in total. The van der Waals surface area contributed by atoms with E-state index in [1.54, 1.807) is 6.92 Å². The van der Waals surface area contributed by atoms with Gasteiger partial charge in [0.25, 0.3) is 11.6 Å². The van der Waals surface area contributed by atoms with E-state index < -0.39 is 4.92 Å². The van der Waals surface area contributed by atoms with Gasteiger partial charge in [0, 0.05) is 18.5 Å². The smallest absolute Gasteiger partial charge is 0.283 e. The molecule has 0 spiro atoms. The van der Waals surface area contributed by atoms with Crippen LogP contribution in [0.2, 0.25) is 5.02 Å². The van der Waals surface area contributed by atoms with E-state index in [4.69, 9.17) is 21.9 Å². The molecule has 0 aliphatic rings. The summed E-state index contributed by atoms with van der Waals surface area (Å²) >= 11 is 5.97. The van der Waals surface area contributed by atoms with Crippen LogP contribution in [-0.4, -0.2) is 21.1 Å². The summed E-state index contributed by atoms with van der Waals surface area (Å²) in [5, 5.41) is 14.9. The average molecular weight is 283 g/mol. The molecule has 1 aromatic carbocycles. The van der Waals surface area contributed by atoms with Crippen molar-refractivity contribution < 1.29 is 9.45 Å². The molecule has 100 valence electrons. The van der Waals surface area contributed by atoms with E-state index in [9.17, 15) is 10.1 Å². The van der Waals surface area contributed by atoms with Crippen LogP contribution < -0.4 is 5.73 Å². The molecule has 0 radical (unpaired) electrons. The second-order valence-corrected chi connectivity index (χ2v) is 4.50. The Labute approximate surface area is 113 Å². The van der Waals surface area contributed by atoms with Gasteiger partial charge in [0.1, 0.15) is 5.56 Å². The van der Waals surface area contributed by atoms with E-state index in [0.29, 0.717) is 12.2 Å². The van der Waals surface area contributed by atoms with E-state index in [2.05, 4.69) is 10.1 Å². The summed E-state index contributed by atoms with van der Waals surface area (Å²) in [5.74, 6) is 0.409. The van der Waals surface area contributed by atoms with Gasteiger partial charge < -0.3 is 10.3 Å². The molecular formula is C11H11ClN4O3. The number of nitrogens with zero attached hydrogens (tertiary/aromatic N) is 3. The van der Waals surface area contributed by atoms with Crippen LogP contribution in [0.3, 0.4) is 0 Å². The van der Waals surface area contributed by atoms with Crippen molar-refractivity contribution in [3.05, 3.63) is 39.2 Å². The molecule has 0 amide bonds. The lowest BCUT2D eigenvalue weighted by atomic mass is 10.2. The number of hydrogen-bond donors (Lipinski definition) is 1. The highest BCUT2D eigenvalue weighted by molar-refractivity contribution is 6.33. The Hall–Kier alpha value is -1.99. The van der Waals surface area contributed by atoms with Crippen LogP contribution in [0.15, 0.2) is 22.7 Å². The second kappa shape index (κ2) is 5.33. The SMILES string of the molecule is CC(N)Cc1noc(-c2c(Cl)cccc2[N+](=O)[O-])n1. The molecule has 2 N–H and O–H groups in total. The third-order valence-electron chi connectivity index (χ3n) is 2.37. The Balaban J connectivity index is 2.46. The third kappa shape index (κ3) is 2.88. The Morgan fingerprint density at radius 3 is 2.95 bits per heavy atom. The Morgan fingerprint density at radius 2 is 2.32 bits per heavy atom. The lowest BCUT2D eigenvalue weighted by Crippen LogP contribution is -2.18. The molecule has 2 aromatic rings. The minimum absolute atomic E-state index is 0.0212. The monoisotopic (exact) mass is 282 g/mol. The van der Waals surface area contributed by atoms with Crippen molar-refractivity contribution in [2.45, 2.75) is 19.4 Å². The summed E-state index contributed by atoms with van der Waals surface area (Å²) in [6, 6.07) is 4.21. The summed E-state index contributed by atoms with van der Waals surface area (Å²) in [5.41, 5.74) is 5.57. The highest BCUT2D eigenvalue weighted by Gasteiger charge is 2.23. The fourth-order valence-electron chi connectivity index (χ4n) is 1.60. The largest absolute Gasteiger partial charge is 0.334 e. The average Bonchev–Trinajstić information content (AvgIpc) is 2.75. The lowest BCUT2D eigenvalue weighted by Gasteiger charge is -2.00. The molecule has 0 saturated carbocycles. The van der Waals surface area contributed by atoms with E-state index in [1.807, 2.05) is 0 Å². The number of nitrogens with two attached hydrogens (primary N) is 1. The maximum atomic E-state index is 11.0. The zero-order valence-electron chi connectivity index (χ0n) is 10.0. The van der Waals surface area contributed by atoms with Crippen molar-refractivity contribution in [2.24, 2.45) is 5.73 Å². The van der Waals surface area contributed by atoms with Crippen molar-refractivity contribution in [2.75, 3.05) is 0 Å². The van der Waals surface area contributed by atoms with Gasteiger partial charge in [-0.3, -0.25) is 10.1 Å². The molecule has 0 saturated heterocycles. The molecule has 1 atom stereocenters. The quantitative estimate of drug-likeness (QED) is 0.680. The number of halogens is 1. The van der Waals surface area contributed by atoms with Crippen LogP contribution >= 0.6 is 11.6 Å². The fourth-order valence-corrected chi connectivity index (χ4v) is 1.85. The van der Waals surface area contributed by atoms with Gasteiger partial charge in [-0.15, -0.1) is 0 Å². The minimum Gasteiger partial charge on any atom is -0.334 e. The first-order valence-corrected chi connectivity index (χ1v) is 5.88. The molecule has 0 aliphatic carbocycles. The van der Waals surface area contributed by atoms with E-state index in [0.717, 1.165) is 0 Å². The molecular weight excluding hydrogens is 272 g/mol. The van der Waals surface area contributed by atoms with Gasteiger partial charge in [0.15, 0.2) is 5.82 Å². The number of nitro groups is 1. The van der Waals surface area contributed by atoms with Crippen LogP contribution in [0.25, 0.3) is 11.5 Å². The number of benzene rings is 1. The Kier molecular flexibility index (Phi) is 3.77. The highest BCUT2D eigenvalue weighted by Crippen LogP contribution is 2.35. The van der Waals surface area contributed by atoms with E-state index >= 15 is 0 Å². The standard InChI is InChI=1S/C11H11ClN4O3/c1-6(13)5-9-14-11(19-15-9)10-7(12)3-2-4-8(10)16(17)18/h2-4,6H,5,13H2,1H3. The molecule has 1 heterocycles. The number of hydrogen-bond acceptors (Lipinski definition) is 6. The molecule has 0 bridgehead atoms. The molecule has 1 aromatic heterocycles. The zero-order chi connectivity index (χ0) is 14.0. The normalized spacial score (nSPS) is 12.4. The van der Waals surface area contributed by atoms with Crippen molar-refractivity contribution in [1.29, 1.82) is 0 Å². The first-order valence-electron chi connectivity index (χ1n) is 5.50. The first-order chi connectivity index (χ1) is 8.99. The Bertz CT molecular complexity index is 612. The van der Waals surface area contributed by atoms with Crippen LogP contribution in [0.1, 0.15) is 12.7 Å². The molecule has 1 unspecified atom stereocenters. The third-order valence-corrected chi connectivity index (χ3v) is 2.69. The van der Waals surface area contributed by atoms with Gasteiger partial charge in [0.2, 0.25) is 0 Å². The van der Waals surface area contributed by atoms with Gasteiger partial charge >= 0.3 is 0 Å². The zero-order valence-corrected chi connectivity index (χ0v) is 10.8. The molecule has 0 aliphatic heterocycles. The summed E-state index contributed by atoms with van der Waals surface area (Å²) in [6.07, 6.45) is 0.418. The van der Waals surface area contributed by atoms with Crippen molar-refractivity contribution >= 4 is 17.3 Å². The number of rotatable bonds is 4. The van der Waals surface area contributed by atoms with Gasteiger partial charge in [-0.25, -0.2) is 0 Å². The van der Waals surface area contributed by atoms with Crippen LogP contribution in [0.4, 0.5) is 5.69 Å². The molecule has 0 fully saturated rings. The van der Waals surface area contributed by atoms with Gasteiger partial charge in [-0.2, -0.15) is 4.98 Å². The van der Waals surface area contributed by atoms with Crippen molar-refractivity contribution in [1.82, 2.24) is 10.1 Å². The molecule has 8 heteroatoms. The summed E-state index contributed by atoms with van der Waals surface area (Å²) in [6.45, 7) is 1.80. The highest BCUT2D eigenvalue weighted by atomic mass is 35.5. The summed E-state index contributed by atoms with van der Waals surface area (Å²) < 4.78 is 5.02. The van der Waals surface area contributed by atoms with E-state index in [-0.39, 0.29) is 28.2 Å². The predicted molar refractivity (Wildman–Crippen MR) is 68.8 cm³/mol. The molecule has 19 heavy (non-hydrogen) atoms. The molecule has 2 rings (SSSR count). The van der Waals surface area contributed by atoms with Gasteiger partial charge in [-0.1, -0.05) is 22.8 Å². The van der Waals surface area contributed by atoms with Crippen LogP contribution in [0.5, 0.6) is 0 Å². The Morgan fingerprint density at radius 1 is 1.58 bits per heavy atom. The van der Waals surface area contributed by atoms with Gasteiger partial charge in [-0.05, 0) is 13.0 Å². The van der Waals surface area contributed by atoms with E-state index in [1.165, 1.54) is 18.2 Å².